The summed E-state index contributed by atoms with van der Waals surface area (Å²) in [5.74, 6) is 1.57. The Morgan fingerprint density at radius 3 is 2.72 bits per heavy atom. The molecule has 1 aromatic heterocycles. The van der Waals surface area contributed by atoms with E-state index in [1.807, 2.05) is 36.4 Å². The second-order valence-corrected chi connectivity index (χ2v) is 7.80. The molecule has 2 unspecified atom stereocenters. The molecular formula is C23H27N3O3. The van der Waals surface area contributed by atoms with Gasteiger partial charge in [0.1, 0.15) is 18.2 Å². The number of benzene rings is 2. The second kappa shape index (κ2) is 8.66. The maximum Gasteiger partial charge on any atom is 0.251 e. The van der Waals surface area contributed by atoms with Crippen LogP contribution in [0.1, 0.15) is 48.9 Å². The van der Waals surface area contributed by atoms with Gasteiger partial charge in [0.2, 0.25) is 0 Å². The van der Waals surface area contributed by atoms with E-state index in [9.17, 15) is 4.79 Å². The fourth-order valence-electron chi connectivity index (χ4n) is 3.56. The number of nitrogens with one attached hydrogen (secondary N) is 2. The summed E-state index contributed by atoms with van der Waals surface area (Å²) in [5, 5.41) is 3.11. The quantitative estimate of drug-likeness (QED) is 0.629. The van der Waals surface area contributed by atoms with Crippen molar-refractivity contribution in [1.82, 2.24) is 15.3 Å². The summed E-state index contributed by atoms with van der Waals surface area (Å²) in [4.78, 5) is 20.8. The van der Waals surface area contributed by atoms with E-state index in [4.69, 9.17) is 9.47 Å². The molecule has 2 heterocycles. The zero-order valence-corrected chi connectivity index (χ0v) is 16.9. The summed E-state index contributed by atoms with van der Waals surface area (Å²) in [6.45, 7) is 5.50. The summed E-state index contributed by atoms with van der Waals surface area (Å²) in [6, 6.07) is 14.9. The highest BCUT2D eigenvalue weighted by atomic mass is 16.5. The van der Waals surface area contributed by atoms with Crippen molar-refractivity contribution >= 4 is 16.9 Å². The summed E-state index contributed by atoms with van der Waals surface area (Å²) in [5.41, 5.74) is 2.46. The number of amides is 1. The Bertz CT molecular complexity index is 926. The van der Waals surface area contributed by atoms with E-state index in [1.165, 1.54) is 0 Å². The van der Waals surface area contributed by atoms with Crippen molar-refractivity contribution < 1.29 is 14.3 Å². The molecule has 4 rings (SSSR count). The first-order valence-corrected chi connectivity index (χ1v) is 10.2. The molecule has 1 fully saturated rings. The van der Waals surface area contributed by atoms with Crippen molar-refractivity contribution in [2.75, 3.05) is 13.2 Å². The largest absolute Gasteiger partial charge is 0.491 e. The fraction of sp³-hybridized carbons (Fsp3) is 0.391. The Balaban J connectivity index is 1.42. The first-order chi connectivity index (χ1) is 14.1. The van der Waals surface area contributed by atoms with E-state index in [-0.39, 0.29) is 24.0 Å². The number of carbonyl (C=O) groups is 1. The third kappa shape index (κ3) is 4.59. The summed E-state index contributed by atoms with van der Waals surface area (Å²) in [7, 11) is 0. The van der Waals surface area contributed by atoms with Crippen molar-refractivity contribution in [3.63, 3.8) is 0 Å². The number of rotatable bonds is 7. The summed E-state index contributed by atoms with van der Waals surface area (Å²) in [6.07, 6.45) is 2.31. The minimum Gasteiger partial charge on any atom is -0.491 e. The number of H-pyrrole nitrogens is 1. The smallest absolute Gasteiger partial charge is 0.251 e. The molecule has 0 saturated carbocycles. The van der Waals surface area contributed by atoms with Crippen molar-refractivity contribution in [3.8, 4) is 5.75 Å². The molecule has 0 spiro atoms. The summed E-state index contributed by atoms with van der Waals surface area (Å²) < 4.78 is 11.3. The van der Waals surface area contributed by atoms with Crippen LogP contribution in [0.5, 0.6) is 5.75 Å². The van der Waals surface area contributed by atoms with Gasteiger partial charge in [-0.25, -0.2) is 4.98 Å². The zero-order valence-electron chi connectivity index (χ0n) is 16.9. The maximum atomic E-state index is 12.8. The van der Waals surface area contributed by atoms with Gasteiger partial charge in [0.15, 0.2) is 0 Å². The average Bonchev–Trinajstić information content (AvgIpc) is 3.39. The lowest BCUT2D eigenvalue weighted by Gasteiger charge is -2.20. The topological polar surface area (TPSA) is 76.2 Å². The molecule has 6 heteroatoms. The highest BCUT2D eigenvalue weighted by Crippen LogP contribution is 2.23. The molecule has 6 nitrogen and oxygen atoms in total. The van der Waals surface area contributed by atoms with E-state index in [0.717, 1.165) is 42.1 Å². The van der Waals surface area contributed by atoms with Gasteiger partial charge in [0.25, 0.3) is 5.91 Å². The van der Waals surface area contributed by atoms with Gasteiger partial charge in [-0.1, -0.05) is 26.0 Å². The number of hydrogen-bond acceptors (Lipinski definition) is 4. The Morgan fingerprint density at radius 1 is 1.24 bits per heavy atom. The molecule has 29 heavy (non-hydrogen) atoms. The third-order valence-corrected chi connectivity index (χ3v) is 5.23. The molecule has 0 aliphatic carbocycles. The van der Waals surface area contributed by atoms with Crippen molar-refractivity contribution in [3.05, 3.63) is 59.9 Å². The van der Waals surface area contributed by atoms with Gasteiger partial charge in [-0.05, 0) is 55.2 Å². The normalized spacial score (nSPS) is 17.6. The van der Waals surface area contributed by atoms with E-state index < -0.39 is 0 Å². The van der Waals surface area contributed by atoms with Gasteiger partial charge in [0, 0.05) is 12.2 Å². The van der Waals surface area contributed by atoms with Crippen LogP contribution in [0.15, 0.2) is 48.5 Å². The molecule has 2 aromatic carbocycles. The molecule has 0 bridgehead atoms. The number of nitrogens with zero attached hydrogens (tertiary/aromatic N) is 1. The van der Waals surface area contributed by atoms with Gasteiger partial charge in [-0.15, -0.1) is 0 Å². The predicted molar refractivity (Wildman–Crippen MR) is 112 cm³/mol. The van der Waals surface area contributed by atoms with E-state index in [0.29, 0.717) is 12.2 Å². The molecule has 1 saturated heterocycles. The number of para-hydroxylation sites is 2. The number of hydrogen-bond donors (Lipinski definition) is 2. The highest BCUT2D eigenvalue weighted by Gasteiger charge is 2.22. The fourth-order valence-corrected chi connectivity index (χ4v) is 3.56. The molecule has 1 amide bonds. The first kappa shape index (κ1) is 19.5. The van der Waals surface area contributed by atoms with Crippen LogP contribution in [0.4, 0.5) is 0 Å². The number of ether oxygens (including phenoxy) is 2. The Hall–Kier alpha value is -2.86. The van der Waals surface area contributed by atoms with Crippen molar-refractivity contribution in [2.45, 2.75) is 38.8 Å². The second-order valence-electron chi connectivity index (χ2n) is 7.80. The first-order valence-electron chi connectivity index (χ1n) is 10.2. The number of aromatic nitrogens is 2. The molecule has 0 radical (unpaired) electrons. The van der Waals surface area contributed by atoms with Crippen LogP contribution in [-0.4, -0.2) is 35.2 Å². The molecule has 2 N–H and O–H groups in total. The standard InChI is InChI=1S/C23H27N3O3/c1-15(2)21(22-24-19-7-3-4-8-20(19)25-22)26-23(27)16-9-11-17(12-10-16)29-14-18-6-5-13-28-18/h3-4,7-12,15,18,21H,5-6,13-14H2,1-2H3,(H,24,25)(H,26,27). The number of carbonyl (C=O) groups excluding carboxylic acids is 1. The Labute approximate surface area is 170 Å². The minimum atomic E-state index is -0.203. The van der Waals surface area contributed by atoms with Crippen molar-refractivity contribution in [1.29, 1.82) is 0 Å². The third-order valence-electron chi connectivity index (χ3n) is 5.23. The van der Waals surface area contributed by atoms with Crippen LogP contribution in [0.2, 0.25) is 0 Å². The van der Waals surface area contributed by atoms with Gasteiger partial charge in [-0.2, -0.15) is 0 Å². The van der Waals surface area contributed by atoms with Crippen LogP contribution in [0, 0.1) is 5.92 Å². The Morgan fingerprint density at radius 2 is 2.03 bits per heavy atom. The molecule has 3 aromatic rings. The summed E-state index contributed by atoms with van der Waals surface area (Å²) >= 11 is 0. The van der Waals surface area contributed by atoms with Crippen LogP contribution in [0.3, 0.4) is 0 Å². The lowest BCUT2D eigenvalue weighted by atomic mass is 10.0. The SMILES string of the molecule is CC(C)C(NC(=O)c1ccc(OCC2CCCO2)cc1)c1nc2ccccc2[nH]1. The monoisotopic (exact) mass is 393 g/mol. The van der Waals surface area contributed by atoms with Crippen LogP contribution >= 0.6 is 0 Å². The zero-order chi connectivity index (χ0) is 20.2. The number of aromatic amines is 1. The molecule has 1 aliphatic rings. The Kier molecular flexibility index (Phi) is 5.81. The minimum absolute atomic E-state index is 0.130. The number of imidazole rings is 1. The highest BCUT2D eigenvalue weighted by molar-refractivity contribution is 5.94. The lowest BCUT2D eigenvalue weighted by Crippen LogP contribution is -2.32. The van der Waals surface area contributed by atoms with E-state index in [2.05, 4.69) is 29.1 Å². The van der Waals surface area contributed by atoms with Gasteiger partial charge in [0.05, 0.1) is 23.2 Å². The molecular weight excluding hydrogens is 366 g/mol. The van der Waals surface area contributed by atoms with E-state index >= 15 is 0 Å². The van der Waals surface area contributed by atoms with Crippen LogP contribution < -0.4 is 10.1 Å². The van der Waals surface area contributed by atoms with Gasteiger partial charge < -0.3 is 19.8 Å². The predicted octanol–water partition coefficient (Wildman–Crippen LogP) is 4.25. The van der Waals surface area contributed by atoms with Gasteiger partial charge in [-0.3, -0.25) is 4.79 Å². The molecule has 2 atom stereocenters. The van der Waals surface area contributed by atoms with Crippen LogP contribution in [0.25, 0.3) is 11.0 Å². The van der Waals surface area contributed by atoms with Gasteiger partial charge >= 0.3 is 0 Å². The van der Waals surface area contributed by atoms with Crippen LogP contribution in [-0.2, 0) is 4.74 Å². The molecule has 152 valence electrons. The van der Waals surface area contributed by atoms with E-state index in [1.54, 1.807) is 12.1 Å². The number of fused-ring (bicyclic) bond motifs is 1. The lowest BCUT2D eigenvalue weighted by molar-refractivity contribution is 0.0679. The maximum absolute atomic E-state index is 12.8. The average molecular weight is 393 g/mol. The molecule has 1 aliphatic heterocycles. The van der Waals surface area contributed by atoms with Crippen molar-refractivity contribution in [2.24, 2.45) is 5.92 Å².